The lowest BCUT2D eigenvalue weighted by molar-refractivity contribution is 0.00846. The molecule has 1 atom stereocenters. The minimum absolute atomic E-state index is 0.228. The number of hydrogen-bond acceptors (Lipinski definition) is 3. The number of hydrogen-bond donors (Lipinski definition) is 1. The SMILES string of the molecule is CCC(C)(O)COc1cccc(C=O)c1. The van der Waals surface area contributed by atoms with Crippen molar-refractivity contribution in [3.8, 4) is 5.75 Å². The van der Waals surface area contributed by atoms with Crippen LogP contribution in [0.15, 0.2) is 24.3 Å². The van der Waals surface area contributed by atoms with Crippen molar-refractivity contribution >= 4 is 6.29 Å². The average molecular weight is 208 g/mol. The third-order valence-corrected chi connectivity index (χ3v) is 2.31. The van der Waals surface area contributed by atoms with Gasteiger partial charge in [-0.2, -0.15) is 0 Å². The zero-order valence-electron chi connectivity index (χ0n) is 9.06. The molecule has 0 saturated carbocycles. The van der Waals surface area contributed by atoms with Gasteiger partial charge >= 0.3 is 0 Å². The first kappa shape index (κ1) is 11.7. The number of rotatable bonds is 5. The van der Waals surface area contributed by atoms with Gasteiger partial charge in [-0.3, -0.25) is 4.79 Å². The van der Waals surface area contributed by atoms with Crippen molar-refractivity contribution in [1.82, 2.24) is 0 Å². The maximum Gasteiger partial charge on any atom is 0.150 e. The Hall–Kier alpha value is -1.35. The summed E-state index contributed by atoms with van der Waals surface area (Å²) >= 11 is 0. The van der Waals surface area contributed by atoms with E-state index in [4.69, 9.17) is 4.74 Å². The maximum absolute atomic E-state index is 10.5. The molecule has 0 aromatic heterocycles. The molecule has 0 bridgehead atoms. The van der Waals surface area contributed by atoms with Gasteiger partial charge < -0.3 is 9.84 Å². The van der Waals surface area contributed by atoms with Gasteiger partial charge in [0.05, 0.1) is 5.60 Å². The van der Waals surface area contributed by atoms with Crippen LogP contribution in [0.4, 0.5) is 0 Å². The van der Waals surface area contributed by atoms with Gasteiger partial charge in [0, 0.05) is 5.56 Å². The van der Waals surface area contributed by atoms with Crippen molar-refractivity contribution in [2.75, 3.05) is 6.61 Å². The maximum atomic E-state index is 10.5. The van der Waals surface area contributed by atoms with Gasteiger partial charge in [0.15, 0.2) is 0 Å². The molecule has 1 aromatic carbocycles. The minimum atomic E-state index is -0.822. The van der Waals surface area contributed by atoms with E-state index in [0.29, 0.717) is 17.7 Å². The largest absolute Gasteiger partial charge is 0.491 e. The van der Waals surface area contributed by atoms with Crippen LogP contribution in [0.3, 0.4) is 0 Å². The van der Waals surface area contributed by atoms with E-state index >= 15 is 0 Å². The molecule has 0 saturated heterocycles. The predicted octanol–water partition coefficient (Wildman–Crippen LogP) is 2.04. The van der Waals surface area contributed by atoms with Crippen molar-refractivity contribution in [2.45, 2.75) is 25.9 Å². The van der Waals surface area contributed by atoms with Crippen LogP contribution in [0.25, 0.3) is 0 Å². The van der Waals surface area contributed by atoms with Gasteiger partial charge in [-0.1, -0.05) is 19.1 Å². The average Bonchev–Trinajstić information content (AvgIpc) is 2.27. The van der Waals surface area contributed by atoms with E-state index in [-0.39, 0.29) is 6.61 Å². The van der Waals surface area contributed by atoms with Crippen LogP contribution in [0, 0.1) is 0 Å². The molecule has 3 heteroatoms. The van der Waals surface area contributed by atoms with E-state index in [0.717, 1.165) is 6.29 Å². The van der Waals surface area contributed by atoms with Crippen LogP contribution < -0.4 is 4.74 Å². The molecule has 0 amide bonds. The van der Waals surface area contributed by atoms with Gasteiger partial charge in [0.2, 0.25) is 0 Å². The zero-order chi connectivity index (χ0) is 11.3. The van der Waals surface area contributed by atoms with Gasteiger partial charge in [-0.05, 0) is 25.5 Å². The van der Waals surface area contributed by atoms with Crippen LogP contribution in [0.5, 0.6) is 5.75 Å². The summed E-state index contributed by atoms with van der Waals surface area (Å²) in [6, 6.07) is 6.87. The van der Waals surface area contributed by atoms with Gasteiger partial charge in [0.25, 0.3) is 0 Å². The van der Waals surface area contributed by atoms with Crippen LogP contribution in [0.2, 0.25) is 0 Å². The molecule has 0 spiro atoms. The van der Waals surface area contributed by atoms with E-state index in [1.54, 1.807) is 31.2 Å². The number of aliphatic hydroxyl groups is 1. The van der Waals surface area contributed by atoms with Crippen LogP contribution in [-0.4, -0.2) is 23.6 Å². The fourth-order valence-corrected chi connectivity index (χ4v) is 1.02. The van der Waals surface area contributed by atoms with E-state index in [2.05, 4.69) is 0 Å². The van der Waals surface area contributed by atoms with Crippen molar-refractivity contribution in [1.29, 1.82) is 0 Å². The van der Waals surface area contributed by atoms with Crippen LogP contribution in [-0.2, 0) is 0 Å². The van der Waals surface area contributed by atoms with E-state index in [9.17, 15) is 9.90 Å². The van der Waals surface area contributed by atoms with Crippen molar-refractivity contribution in [2.24, 2.45) is 0 Å². The Balaban J connectivity index is 2.61. The third kappa shape index (κ3) is 3.72. The first-order valence-electron chi connectivity index (χ1n) is 4.98. The summed E-state index contributed by atoms with van der Waals surface area (Å²) in [4.78, 5) is 10.5. The minimum Gasteiger partial charge on any atom is -0.491 e. The lowest BCUT2D eigenvalue weighted by Crippen LogP contribution is -2.31. The Morgan fingerprint density at radius 3 is 2.87 bits per heavy atom. The number of benzene rings is 1. The molecular formula is C12H16O3. The zero-order valence-corrected chi connectivity index (χ0v) is 9.06. The van der Waals surface area contributed by atoms with Gasteiger partial charge in [-0.15, -0.1) is 0 Å². The van der Waals surface area contributed by atoms with Crippen molar-refractivity contribution in [3.05, 3.63) is 29.8 Å². The Bertz CT molecular complexity index is 331. The van der Waals surface area contributed by atoms with Gasteiger partial charge in [-0.25, -0.2) is 0 Å². The summed E-state index contributed by atoms with van der Waals surface area (Å²) in [5.74, 6) is 0.605. The number of carbonyl (C=O) groups is 1. The predicted molar refractivity (Wildman–Crippen MR) is 58.2 cm³/mol. The highest BCUT2D eigenvalue weighted by Crippen LogP contribution is 2.15. The highest BCUT2D eigenvalue weighted by atomic mass is 16.5. The second kappa shape index (κ2) is 4.94. The number of carbonyl (C=O) groups excluding carboxylic acids is 1. The van der Waals surface area contributed by atoms with E-state index < -0.39 is 5.60 Å². The van der Waals surface area contributed by atoms with Crippen LogP contribution >= 0.6 is 0 Å². The Labute approximate surface area is 89.7 Å². The third-order valence-electron chi connectivity index (χ3n) is 2.31. The Kier molecular flexibility index (Phi) is 3.86. The lowest BCUT2D eigenvalue weighted by atomic mass is 10.1. The van der Waals surface area contributed by atoms with E-state index in [1.807, 2.05) is 6.92 Å². The van der Waals surface area contributed by atoms with E-state index in [1.165, 1.54) is 0 Å². The quantitative estimate of drug-likeness (QED) is 0.753. The second-order valence-corrected chi connectivity index (χ2v) is 3.83. The molecule has 1 aromatic rings. The van der Waals surface area contributed by atoms with Crippen molar-refractivity contribution in [3.63, 3.8) is 0 Å². The molecule has 0 fully saturated rings. The smallest absolute Gasteiger partial charge is 0.150 e. The first-order chi connectivity index (χ1) is 7.07. The molecule has 0 aliphatic rings. The summed E-state index contributed by atoms with van der Waals surface area (Å²) in [7, 11) is 0. The molecule has 0 radical (unpaired) electrons. The molecule has 1 N–H and O–H groups in total. The number of ether oxygens (including phenoxy) is 1. The van der Waals surface area contributed by atoms with Crippen molar-refractivity contribution < 1.29 is 14.6 Å². The fraction of sp³-hybridized carbons (Fsp3) is 0.417. The molecular weight excluding hydrogens is 192 g/mol. The topological polar surface area (TPSA) is 46.5 Å². The highest BCUT2D eigenvalue weighted by molar-refractivity contribution is 5.75. The monoisotopic (exact) mass is 208 g/mol. The lowest BCUT2D eigenvalue weighted by Gasteiger charge is -2.21. The normalized spacial score (nSPS) is 14.3. The molecule has 0 aliphatic heterocycles. The molecule has 1 unspecified atom stereocenters. The summed E-state index contributed by atoms with van der Waals surface area (Å²) < 4.78 is 5.40. The summed E-state index contributed by atoms with van der Waals surface area (Å²) in [6.07, 6.45) is 1.39. The highest BCUT2D eigenvalue weighted by Gasteiger charge is 2.18. The molecule has 1 rings (SSSR count). The fourth-order valence-electron chi connectivity index (χ4n) is 1.02. The second-order valence-electron chi connectivity index (χ2n) is 3.83. The standard InChI is InChI=1S/C12H16O3/c1-3-12(2,14)9-15-11-6-4-5-10(7-11)8-13/h4-8,14H,3,9H2,1-2H3. The molecule has 82 valence electrons. The first-order valence-corrected chi connectivity index (χ1v) is 4.98. The number of aldehydes is 1. The van der Waals surface area contributed by atoms with Crippen LogP contribution in [0.1, 0.15) is 30.6 Å². The summed E-state index contributed by atoms with van der Waals surface area (Å²) in [6.45, 7) is 3.84. The molecule has 0 aliphatic carbocycles. The summed E-state index contributed by atoms with van der Waals surface area (Å²) in [5, 5.41) is 9.72. The Morgan fingerprint density at radius 2 is 2.27 bits per heavy atom. The summed E-state index contributed by atoms with van der Waals surface area (Å²) in [5.41, 5.74) is -0.249. The van der Waals surface area contributed by atoms with Gasteiger partial charge in [0.1, 0.15) is 18.6 Å². The molecule has 3 nitrogen and oxygen atoms in total. The molecule has 15 heavy (non-hydrogen) atoms. The molecule has 0 heterocycles. The Morgan fingerprint density at radius 1 is 1.53 bits per heavy atom.